The first-order valence-electron chi connectivity index (χ1n) is 6.17. The van der Waals surface area contributed by atoms with Gasteiger partial charge in [-0.3, -0.25) is 4.79 Å². The molecule has 2 aliphatic rings. The molecule has 0 N–H and O–H groups in total. The molecule has 2 saturated carbocycles. The summed E-state index contributed by atoms with van der Waals surface area (Å²) >= 11 is 0. The molecular formula is C15H22O. The molecule has 2 fully saturated rings. The third kappa shape index (κ3) is 1.57. The van der Waals surface area contributed by atoms with E-state index in [9.17, 15) is 4.79 Å². The van der Waals surface area contributed by atoms with Gasteiger partial charge < -0.3 is 0 Å². The Morgan fingerprint density at radius 1 is 1.44 bits per heavy atom. The molecule has 88 valence electrons. The maximum absolute atomic E-state index is 12.4. The minimum Gasteiger partial charge on any atom is -0.298 e. The zero-order chi connectivity index (χ0) is 12.1. The lowest BCUT2D eigenvalue weighted by atomic mass is 9.58. The lowest BCUT2D eigenvalue weighted by molar-refractivity contribution is -0.135. The monoisotopic (exact) mass is 218 g/mol. The van der Waals surface area contributed by atoms with Gasteiger partial charge in [-0.2, -0.15) is 0 Å². The quantitative estimate of drug-likeness (QED) is 0.645. The van der Waals surface area contributed by atoms with E-state index in [-0.39, 0.29) is 10.8 Å². The van der Waals surface area contributed by atoms with Crippen molar-refractivity contribution in [2.45, 2.75) is 40.5 Å². The molecule has 2 rings (SSSR count). The molecule has 0 spiro atoms. The maximum Gasteiger partial charge on any atom is 0.146 e. The lowest BCUT2D eigenvalue weighted by Gasteiger charge is -2.44. The topological polar surface area (TPSA) is 17.1 Å². The fraction of sp³-hybridized carbons (Fsp3) is 0.667. The van der Waals surface area contributed by atoms with Gasteiger partial charge in [0.05, 0.1) is 0 Å². The number of allylic oxidation sites excluding steroid dienone is 3. The third-order valence-electron chi connectivity index (χ3n) is 4.65. The molecule has 0 saturated heterocycles. The molecular weight excluding hydrogens is 196 g/mol. The van der Waals surface area contributed by atoms with Crippen LogP contribution in [0.3, 0.4) is 0 Å². The van der Waals surface area contributed by atoms with Crippen LogP contribution in [-0.2, 0) is 4.79 Å². The zero-order valence-electron chi connectivity index (χ0n) is 10.8. The summed E-state index contributed by atoms with van der Waals surface area (Å²) in [6, 6.07) is 0. The van der Waals surface area contributed by atoms with E-state index in [1.807, 2.05) is 13.0 Å². The van der Waals surface area contributed by atoms with E-state index >= 15 is 0 Å². The Bertz CT molecular complexity index is 375. The summed E-state index contributed by atoms with van der Waals surface area (Å²) in [6.45, 7) is 12.4. The van der Waals surface area contributed by atoms with E-state index in [2.05, 4.69) is 33.4 Å². The van der Waals surface area contributed by atoms with Crippen LogP contribution in [0.15, 0.2) is 24.3 Å². The second-order valence-corrected chi connectivity index (χ2v) is 6.44. The van der Waals surface area contributed by atoms with Crippen LogP contribution in [0.1, 0.15) is 40.5 Å². The van der Waals surface area contributed by atoms with Crippen LogP contribution in [0.5, 0.6) is 0 Å². The Labute approximate surface area is 98.6 Å². The Kier molecular flexibility index (Phi) is 2.41. The van der Waals surface area contributed by atoms with Gasteiger partial charge in [-0.15, -0.1) is 0 Å². The molecule has 0 aromatic heterocycles. The van der Waals surface area contributed by atoms with Crippen molar-refractivity contribution in [3.05, 3.63) is 24.3 Å². The van der Waals surface area contributed by atoms with Gasteiger partial charge in [0.15, 0.2) is 0 Å². The molecule has 0 radical (unpaired) electrons. The molecule has 0 amide bonds. The summed E-state index contributed by atoms with van der Waals surface area (Å²) in [7, 11) is 0. The van der Waals surface area contributed by atoms with Crippen molar-refractivity contribution in [3.8, 4) is 0 Å². The number of hydrogen-bond acceptors (Lipinski definition) is 1. The summed E-state index contributed by atoms with van der Waals surface area (Å²) in [6.07, 6.45) is 6.40. The summed E-state index contributed by atoms with van der Waals surface area (Å²) in [5, 5.41) is 0. The van der Waals surface area contributed by atoms with Gasteiger partial charge in [0.1, 0.15) is 5.78 Å². The minimum atomic E-state index is -0.302. The van der Waals surface area contributed by atoms with Gasteiger partial charge in [-0.1, -0.05) is 38.2 Å². The summed E-state index contributed by atoms with van der Waals surface area (Å²) in [5.74, 6) is 1.48. The van der Waals surface area contributed by atoms with Gasteiger partial charge in [0.2, 0.25) is 0 Å². The highest BCUT2D eigenvalue weighted by molar-refractivity contribution is 5.92. The third-order valence-corrected chi connectivity index (χ3v) is 4.65. The molecule has 1 nitrogen and oxygen atoms in total. The van der Waals surface area contributed by atoms with Crippen LogP contribution in [0, 0.1) is 22.7 Å². The molecule has 0 heterocycles. The number of hydrogen-bond donors (Lipinski definition) is 0. The van der Waals surface area contributed by atoms with Crippen molar-refractivity contribution >= 4 is 5.78 Å². The number of ketones is 1. The number of rotatable bonds is 2. The Hall–Kier alpha value is -0.850. The zero-order valence-corrected chi connectivity index (χ0v) is 10.8. The van der Waals surface area contributed by atoms with E-state index in [0.717, 1.165) is 12.0 Å². The van der Waals surface area contributed by atoms with Crippen molar-refractivity contribution in [2.24, 2.45) is 22.7 Å². The van der Waals surface area contributed by atoms with Gasteiger partial charge in [-0.25, -0.2) is 0 Å². The second kappa shape index (κ2) is 3.32. The van der Waals surface area contributed by atoms with Crippen molar-refractivity contribution in [3.63, 3.8) is 0 Å². The van der Waals surface area contributed by atoms with E-state index in [1.165, 1.54) is 6.42 Å². The van der Waals surface area contributed by atoms with Crippen LogP contribution in [0.25, 0.3) is 0 Å². The number of carbonyl (C=O) groups is 1. The molecule has 3 atom stereocenters. The second-order valence-electron chi connectivity index (χ2n) is 6.44. The average molecular weight is 218 g/mol. The van der Waals surface area contributed by atoms with Crippen LogP contribution in [0.2, 0.25) is 0 Å². The molecule has 1 heteroatoms. The minimum absolute atomic E-state index is 0.0771. The highest BCUT2D eigenvalue weighted by Gasteiger charge is 2.60. The molecule has 16 heavy (non-hydrogen) atoms. The lowest BCUT2D eigenvalue weighted by Crippen LogP contribution is -2.45. The predicted octanol–water partition coefficient (Wildman–Crippen LogP) is 3.76. The van der Waals surface area contributed by atoms with Crippen LogP contribution in [0.4, 0.5) is 0 Å². The average Bonchev–Trinajstić information content (AvgIpc) is 2.89. The van der Waals surface area contributed by atoms with Crippen LogP contribution >= 0.6 is 0 Å². The van der Waals surface area contributed by atoms with Gasteiger partial charge in [0.25, 0.3) is 0 Å². The largest absolute Gasteiger partial charge is 0.298 e. The number of carbonyl (C=O) groups excluding carboxylic acids is 1. The predicted molar refractivity (Wildman–Crippen MR) is 67.1 cm³/mol. The van der Waals surface area contributed by atoms with Gasteiger partial charge >= 0.3 is 0 Å². The highest BCUT2D eigenvalue weighted by atomic mass is 16.1. The normalized spacial score (nSPS) is 40.9. The van der Waals surface area contributed by atoms with Gasteiger partial charge in [-0.05, 0) is 38.0 Å². The van der Waals surface area contributed by atoms with Crippen LogP contribution in [-0.4, -0.2) is 5.78 Å². The molecule has 0 aromatic rings. The number of fused-ring (bicyclic) bond motifs is 1. The summed E-state index contributed by atoms with van der Waals surface area (Å²) in [5.41, 5.74) is 0.792. The number of Topliss-reactive ketones (excluding diaryl/α,β-unsaturated/α-hetero) is 1. The molecule has 3 unspecified atom stereocenters. The van der Waals surface area contributed by atoms with E-state index < -0.39 is 0 Å². The molecule has 0 aromatic carbocycles. The fourth-order valence-electron chi connectivity index (χ4n) is 3.00. The standard InChI is InChI=1S/C15H22O/c1-10(2)6-7-15(5)13(16)12-8-11(12)9-14(15,3)4/h6-7,11-12H,1,8-9H2,2-5H3/b7-6+. The van der Waals surface area contributed by atoms with Crippen molar-refractivity contribution < 1.29 is 4.79 Å². The first-order chi connectivity index (χ1) is 7.28. The maximum atomic E-state index is 12.4. The van der Waals surface area contributed by atoms with E-state index in [0.29, 0.717) is 17.6 Å². The highest BCUT2D eigenvalue weighted by Crippen LogP contribution is 2.61. The Morgan fingerprint density at radius 2 is 2.06 bits per heavy atom. The fourth-order valence-corrected chi connectivity index (χ4v) is 3.00. The summed E-state index contributed by atoms with van der Waals surface area (Å²) < 4.78 is 0. The first-order valence-corrected chi connectivity index (χ1v) is 6.17. The molecule has 0 aliphatic heterocycles. The van der Waals surface area contributed by atoms with E-state index in [4.69, 9.17) is 0 Å². The Morgan fingerprint density at radius 3 is 2.62 bits per heavy atom. The van der Waals surface area contributed by atoms with E-state index in [1.54, 1.807) is 0 Å². The van der Waals surface area contributed by atoms with Crippen molar-refractivity contribution in [2.75, 3.05) is 0 Å². The Balaban J connectivity index is 2.34. The van der Waals surface area contributed by atoms with Crippen LogP contribution < -0.4 is 0 Å². The SMILES string of the molecule is C=C(C)/C=C/C1(C)C(=O)C2CC2CC1(C)C. The summed E-state index contributed by atoms with van der Waals surface area (Å²) in [4.78, 5) is 12.4. The first kappa shape index (κ1) is 11.6. The molecule has 2 aliphatic carbocycles. The van der Waals surface area contributed by atoms with Gasteiger partial charge in [0, 0.05) is 11.3 Å². The van der Waals surface area contributed by atoms with Crippen molar-refractivity contribution in [1.82, 2.24) is 0 Å². The molecule has 0 bridgehead atoms. The smallest absolute Gasteiger partial charge is 0.146 e. The van der Waals surface area contributed by atoms with Crippen molar-refractivity contribution in [1.29, 1.82) is 0 Å².